The van der Waals surface area contributed by atoms with Crippen molar-refractivity contribution in [3.8, 4) is 0 Å². The molecule has 0 fully saturated rings. The van der Waals surface area contributed by atoms with Crippen LogP contribution in [0.3, 0.4) is 0 Å². The molecule has 1 unspecified atom stereocenters. The Morgan fingerprint density at radius 1 is 0.731 bits per heavy atom. The van der Waals surface area contributed by atoms with Crippen molar-refractivity contribution in [1.29, 1.82) is 0 Å². The maximum absolute atomic E-state index is 12.3. The van der Waals surface area contributed by atoms with Gasteiger partial charge in [-0.25, -0.2) is 0 Å². The second-order valence-corrected chi connectivity index (χ2v) is 12.5. The molecule has 296 valence electrons. The Morgan fingerprint density at radius 2 is 1.29 bits per heavy atom. The smallest absolute Gasteiger partial charge is 0.311 e. The molecular formula is C35H59N5O12. The summed E-state index contributed by atoms with van der Waals surface area (Å²) in [6.45, 7) is 9.30. The molecule has 0 radical (unpaired) electrons. The fourth-order valence-electron chi connectivity index (χ4n) is 4.10. The Bertz CT molecular complexity index is 1380. The number of carbonyl (C=O) groups excluding carboxylic acids is 7. The van der Waals surface area contributed by atoms with E-state index in [1.54, 1.807) is 45.0 Å². The minimum atomic E-state index is -0.860. The van der Waals surface area contributed by atoms with Gasteiger partial charge in [-0.1, -0.05) is 12.1 Å². The molecule has 4 N–H and O–H groups in total. The molecule has 1 aliphatic heterocycles. The SMILES string of the molecule is CC(NC(=O)CCOCCOCCOCCOCCNC(=O)CCN1C(=O)C=CC1=O)C(=O)NCC(=O)Nc1ccc(COC(=O)C(C)(C)C)cc1.[HH].[HH].[HH].[HH]. The number of imide groups is 1. The highest BCUT2D eigenvalue weighted by atomic mass is 16.6. The first-order chi connectivity index (χ1) is 24.8. The van der Waals surface area contributed by atoms with Crippen LogP contribution in [0.5, 0.6) is 0 Å². The van der Waals surface area contributed by atoms with Gasteiger partial charge in [0.15, 0.2) is 0 Å². The molecule has 1 heterocycles. The van der Waals surface area contributed by atoms with E-state index in [0.717, 1.165) is 10.5 Å². The second-order valence-electron chi connectivity index (χ2n) is 12.5. The predicted octanol–water partition coefficient (Wildman–Crippen LogP) is 1.21. The summed E-state index contributed by atoms with van der Waals surface area (Å²) < 4.78 is 26.8. The average Bonchev–Trinajstić information content (AvgIpc) is 3.42. The van der Waals surface area contributed by atoms with Gasteiger partial charge in [-0.15, -0.1) is 0 Å². The van der Waals surface area contributed by atoms with Gasteiger partial charge in [0.05, 0.1) is 64.8 Å². The molecule has 52 heavy (non-hydrogen) atoms. The molecule has 2 rings (SSSR count). The van der Waals surface area contributed by atoms with Gasteiger partial charge in [0.25, 0.3) is 11.8 Å². The van der Waals surface area contributed by atoms with Crippen LogP contribution in [-0.2, 0) is 63.9 Å². The summed E-state index contributed by atoms with van der Waals surface area (Å²) in [7, 11) is 0. The first-order valence-electron chi connectivity index (χ1n) is 17.0. The van der Waals surface area contributed by atoms with Crippen molar-refractivity contribution in [1.82, 2.24) is 20.9 Å². The first-order valence-corrected chi connectivity index (χ1v) is 17.0. The van der Waals surface area contributed by atoms with E-state index in [2.05, 4.69) is 21.3 Å². The van der Waals surface area contributed by atoms with E-state index < -0.39 is 35.1 Å². The number of nitrogens with one attached hydrogen (secondary N) is 4. The summed E-state index contributed by atoms with van der Waals surface area (Å²) in [5.41, 5.74) is 0.674. The van der Waals surface area contributed by atoms with E-state index in [4.69, 9.17) is 23.7 Å². The van der Waals surface area contributed by atoms with Gasteiger partial charge in [0.1, 0.15) is 12.6 Å². The van der Waals surface area contributed by atoms with Gasteiger partial charge in [0, 0.05) is 49.5 Å². The van der Waals surface area contributed by atoms with Crippen LogP contribution in [0.15, 0.2) is 36.4 Å². The highest BCUT2D eigenvalue weighted by Crippen LogP contribution is 2.17. The fraction of sp³-hybridized carbons (Fsp3) is 0.571. The molecule has 6 amide bonds. The normalized spacial score (nSPS) is 13.1. The van der Waals surface area contributed by atoms with E-state index >= 15 is 0 Å². The molecule has 0 aliphatic carbocycles. The Morgan fingerprint density at radius 3 is 1.87 bits per heavy atom. The molecule has 17 heteroatoms. The predicted molar refractivity (Wildman–Crippen MR) is 195 cm³/mol. The molecule has 1 atom stereocenters. The number of hydrogen-bond donors (Lipinski definition) is 4. The second kappa shape index (κ2) is 23.7. The maximum Gasteiger partial charge on any atom is 0.311 e. The summed E-state index contributed by atoms with van der Waals surface area (Å²) in [6.07, 6.45) is 2.41. The van der Waals surface area contributed by atoms with Crippen LogP contribution in [0.2, 0.25) is 0 Å². The lowest BCUT2D eigenvalue weighted by molar-refractivity contribution is -0.154. The lowest BCUT2D eigenvalue weighted by Gasteiger charge is -2.16. The summed E-state index contributed by atoms with van der Waals surface area (Å²) in [5.74, 6) is -2.79. The van der Waals surface area contributed by atoms with Crippen LogP contribution >= 0.6 is 0 Å². The van der Waals surface area contributed by atoms with Crippen molar-refractivity contribution >= 4 is 47.1 Å². The summed E-state index contributed by atoms with van der Waals surface area (Å²) in [6, 6.07) is 5.91. The van der Waals surface area contributed by atoms with Crippen molar-refractivity contribution in [2.45, 2.75) is 53.2 Å². The maximum atomic E-state index is 12.3. The van der Waals surface area contributed by atoms with Crippen LogP contribution < -0.4 is 21.3 Å². The number of benzene rings is 1. The molecule has 1 aromatic rings. The van der Waals surface area contributed by atoms with E-state index in [1.807, 2.05) is 0 Å². The van der Waals surface area contributed by atoms with Crippen LogP contribution in [0.1, 0.15) is 51.8 Å². The van der Waals surface area contributed by atoms with E-state index in [-0.39, 0.29) is 82.4 Å². The number of carbonyl (C=O) groups is 7. The zero-order valence-corrected chi connectivity index (χ0v) is 30.3. The van der Waals surface area contributed by atoms with Gasteiger partial charge in [-0.2, -0.15) is 0 Å². The number of nitrogens with zero attached hydrogens (tertiary/aromatic N) is 1. The van der Waals surface area contributed by atoms with Gasteiger partial charge >= 0.3 is 5.97 Å². The number of anilines is 1. The molecule has 0 aromatic heterocycles. The minimum absolute atomic E-state index is 0. The standard InChI is InChI=1S/C35H51N5O12.4H2/c1-25(33(46)37-23-30(43)39-27-7-5-26(6-8-27)24-52-34(47)35(2,3)4)38-29(42)12-15-48-17-19-50-21-22-51-20-18-49-16-13-36-28(41)11-14-40-31(44)9-10-32(40)45;;;;/h5-10,25H,11-24H2,1-4H3,(H,36,41)(H,37,46)(H,38,42)(H,39,43);4*1H. The zero-order chi connectivity index (χ0) is 38.4. The number of amides is 6. The van der Waals surface area contributed by atoms with Gasteiger partial charge in [-0.05, 0) is 45.4 Å². The lowest BCUT2D eigenvalue weighted by Crippen LogP contribution is -2.46. The number of ether oxygens (including phenoxy) is 5. The number of esters is 1. The van der Waals surface area contributed by atoms with Crippen molar-refractivity contribution in [2.24, 2.45) is 5.41 Å². The molecule has 1 aromatic carbocycles. The molecule has 1 aliphatic rings. The van der Waals surface area contributed by atoms with Crippen molar-refractivity contribution in [3.05, 3.63) is 42.0 Å². The molecule has 0 saturated heterocycles. The van der Waals surface area contributed by atoms with Crippen molar-refractivity contribution in [3.63, 3.8) is 0 Å². The van der Waals surface area contributed by atoms with E-state index in [9.17, 15) is 33.6 Å². The highest BCUT2D eigenvalue weighted by Gasteiger charge is 2.24. The Balaban J connectivity index is -0.00000702. The van der Waals surface area contributed by atoms with E-state index in [1.165, 1.54) is 19.1 Å². The Kier molecular flexibility index (Phi) is 19.8. The Labute approximate surface area is 309 Å². The molecule has 0 saturated carbocycles. The zero-order valence-electron chi connectivity index (χ0n) is 30.3. The van der Waals surface area contributed by atoms with Gasteiger partial charge in [-0.3, -0.25) is 38.5 Å². The topological polar surface area (TPSA) is 217 Å². The van der Waals surface area contributed by atoms with E-state index in [0.29, 0.717) is 38.7 Å². The third-order valence-electron chi connectivity index (χ3n) is 7.04. The molecular weight excluding hydrogens is 682 g/mol. The summed E-state index contributed by atoms with van der Waals surface area (Å²) in [5, 5.41) is 10.4. The lowest BCUT2D eigenvalue weighted by atomic mass is 9.97. The Hall–Kier alpha value is -4.71. The van der Waals surface area contributed by atoms with Crippen LogP contribution in [-0.4, -0.2) is 125 Å². The van der Waals surface area contributed by atoms with Crippen LogP contribution in [0.25, 0.3) is 0 Å². The average molecular weight is 742 g/mol. The molecule has 0 spiro atoms. The molecule has 17 nitrogen and oxygen atoms in total. The van der Waals surface area contributed by atoms with Crippen molar-refractivity contribution in [2.75, 3.05) is 77.8 Å². The van der Waals surface area contributed by atoms with Crippen molar-refractivity contribution < 1.29 is 63.0 Å². The van der Waals surface area contributed by atoms with Crippen LogP contribution in [0, 0.1) is 5.41 Å². The van der Waals surface area contributed by atoms with Crippen LogP contribution in [0.4, 0.5) is 5.69 Å². The minimum Gasteiger partial charge on any atom is -0.460 e. The summed E-state index contributed by atoms with van der Waals surface area (Å²) >= 11 is 0. The molecule has 0 bridgehead atoms. The quantitative estimate of drug-likeness (QED) is 0.0632. The largest absolute Gasteiger partial charge is 0.460 e. The first kappa shape index (κ1) is 43.5. The fourth-order valence-corrected chi connectivity index (χ4v) is 4.10. The monoisotopic (exact) mass is 741 g/mol. The number of rotatable bonds is 25. The third-order valence-corrected chi connectivity index (χ3v) is 7.04. The number of hydrogen-bond acceptors (Lipinski definition) is 12. The third kappa shape index (κ3) is 18.5. The van der Waals surface area contributed by atoms with Gasteiger partial charge < -0.3 is 45.0 Å². The summed E-state index contributed by atoms with van der Waals surface area (Å²) in [4.78, 5) is 84.4. The highest BCUT2D eigenvalue weighted by molar-refractivity contribution is 6.13. The van der Waals surface area contributed by atoms with Gasteiger partial charge in [0.2, 0.25) is 23.6 Å².